The first-order valence-electron chi connectivity index (χ1n) is 7.61. The van der Waals surface area contributed by atoms with Crippen molar-refractivity contribution in [2.24, 2.45) is 11.7 Å². The molecular formula is C15H28N4. The van der Waals surface area contributed by atoms with E-state index in [9.17, 15) is 0 Å². The molecule has 19 heavy (non-hydrogen) atoms. The lowest BCUT2D eigenvalue weighted by Crippen LogP contribution is -2.44. The summed E-state index contributed by atoms with van der Waals surface area (Å²) >= 11 is 0. The number of hydrogen-bond donors (Lipinski definition) is 1. The summed E-state index contributed by atoms with van der Waals surface area (Å²) in [6, 6.07) is 0.940. The average molecular weight is 264 g/mol. The van der Waals surface area contributed by atoms with Crippen LogP contribution in [0.25, 0.3) is 0 Å². The van der Waals surface area contributed by atoms with E-state index >= 15 is 0 Å². The minimum Gasteiger partial charge on any atom is -0.333 e. The van der Waals surface area contributed by atoms with Gasteiger partial charge in [0.2, 0.25) is 0 Å². The van der Waals surface area contributed by atoms with Gasteiger partial charge in [-0.05, 0) is 32.7 Å². The van der Waals surface area contributed by atoms with Gasteiger partial charge in [0.15, 0.2) is 0 Å². The number of rotatable bonds is 5. The zero-order chi connectivity index (χ0) is 13.8. The van der Waals surface area contributed by atoms with Crippen LogP contribution in [0, 0.1) is 5.92 Å². The van der Waals surface area contributed by atoms with Gasteiger partial charge in [-0.2, -0.15) is 0 Å². The van der Waals surface area contributed by atoms with Crippen molar-refractivity contribution in [3.05, 3.63) is 18.2 Å². The molecule has 4 nitrogen and oxygen atoms in total. The number of aromatic nitrogens is 2. The summed E-state index contributed by atoms with van der Waals surface area (Å²) in [6.07, 6.45) is 9.27. The topological polar surface area (TPSA) is 47.1 Å². The van der Waals surface area contributed by atoms with Gasteiger partial charge < -0.3 is 10.3 Å². The fourth-order valence-corrected chi connectivity index (χ4v) is 3.50. The highest BCUT2D eigenvalue weighted by molar-refractivity contribution is 5.07. The highest BCUT2D eigenvalue weighted by Gasteiger charge is 2.30. The third-order valence-electron chi connectivity index (χ3n) is 4.73. The molecule has 3 atom stereocenters. The predicted octanol–water partition coefficient (Wildman–Crippen LogP) is 2.41. The number of likely N-dealkylation sites (N-methyl/N-ethyl adjacent to an activating group) is 1. The third-order valence-corrected chi connectivity index (χ3v) is 4.73. The maximum Gasteiger partial charge on any atom is 0.0948 e. The van der Waals surface area contributed by atoms with E-state index in [1.54, 1.807) is 0 Å². The van der Waals surface area contributed by atoms with Crippen LogP contribution in [0.1, 0.15) is 51.3 Å². The largest absolute Gasteiger partial charge is 0.333 e. The van der Waals surface area contributed by atoms with Gasteiger partial charge in [0.1, 0.15) is 0 Å². The van der Waals surface area contributed by atoms with Crippen LogP contribution < -0.4 is 5.73 Å². The second-order valence-corrected chi connectivity index (χ2v) is 5.85. The van der Waals surface area contributed by atoms with Crippen LogP contribution in [0.3, 0.4) is 0 Å². The lowest BCUT2D eigenvalue weighted by molar-refractivity contribution is 0.0958. The van der Waals surface area contributed by atoms with E-state index in [1.165, 1.54) is 31.4 Å². The predicted molar refractivity (Wildman–Crippen MR) is 78.9 cm³/mol. The van der Waals surface area contributed by atoms with Gasteiger partial charge in [-0.25, -0.2) is 4.98 Å². The minimum atomic E-state index is 0.285. The highest BCUT2D eigenvalue weighted by atomic mass is 15.2. The molecule has 0 amide bonds. The van der Waals surface area contributed by atoms with Gasteiger partial charge in [0.05, 0.1) is 18.1 Å². The van der Waals surface area contributed by atoms with E-state index in [0.717, 1.165) is 12.5 Å². The van der Waals surface area contributed by atoms with Gasteiger partial charge >= 0.3 is 0 Å². The summed E-state index contributed by atoms with van der Waals surface area (Å²) in [7, 11) is 2.23. The van der Waals surface area contributed by atoms with Gasteiger partial charge in [-0.1, -0.05) is 19.8 Å². The van der Waals surface area contributed by atoms with Gasteiger partial charge in [-0.3, -0.25) is 4.90 Å². The zero-order valence-corrected chi connectivity index (χ0v) is 12.5. The standard InChI is InChI=1S/C15H28N4/c1-4-19-11-17-10-15(19)14(9-16)18(3)13-8-6-5-7-12(13)2/h10-14H,4-9,16H2,1-3H3. The number of nitrogens with two attached hydrogens (primary N) is 1. The van der Waals surface area contributed by atoms with E-state index in [-0.39, 0.29) is 6.04 Å². The summed E-state index contributed by atoms with van der Waals surface area (Å²) < 4.78 is 2.21. The Morgan fingerprint density at radius 1 is 1.47 bits per heavy atom. The fraction of sp³-hybridized carbons (Fsp3) is 0.800. The maximum absolute atomic E-state index is 6.06. The Bertz CT molecular complexity index is 387. The molecular weight excluding hydrogens is 236 g/mol. The normalized spacial score (nSPS) is 25.7. The summed E-state index contributed by atoms with van der Waals surface area (Å²) in [5.74, 6) is 0.769. The van der Waals surface area contributed by atoms with E-state index in [4.69, 9.17) is 5.73 Å². The molecule has 3 unspecified atom stereocenters. The summed E-state index contributed by atoms with van der Waals surface area (Å²) in [5, 5.41) is 0. The van der Waals surface area contributed by atoms with Crippen LogP contribution >= 0.6 is 0 Å². The molecule has 1 heterocycles. The van der Waals surface area contributed by atoms with Crippen molar-refractivity contribution in [2.45, 2.75) is 58.2 Å². The molecule has 1 saturated carbocycles. The molecule has 0 aliphatic heterocycles. The van der Waals surface area contributed by atoms with Crippen molar-refractivity contribution in [2.75, 3.05) is 13.6 Å². The Kier molecular flexibility index (Phi) is 4.99. The molecule has 0 radical (unpaired) electrons. The molecule has 0 aromatic carbocycles. The minimum absolute atomic E-state index is 0.285. The van der Waals surface area contributed by atoms with E-state index in [1.807, 2.05) is 12.5 Å². The first-order valence-corrected chi connectivity index (χ1v) is 7.61. The van der Waals surface area contributed by atoms with E-state index in [0.29, 0.717) is 12.6 Å². The Morgan fingerprint density at radius 2 is 2.21 bits per heavy atom. The van der Waals surface area contributed by atoms with Crippen molar-refractivity contribution in [1.29, 1.82) is 0 Å². The molecule has 1 aromatic heterocycles. The number of aryl methyl sites for hydroxylation is 1. The molecule has 0 bridgehead atoms. The molecule has 2 N–H and O–H groups in total. The van der Waals surface area contributed by atoms with Crippen LogP contribution in [0.15, 0.2) is 12.5 Å². The Balaban J connectivity index is 2.16. The van der Waals surface area contributed by atoms with Gasteiger partial charge in [-0.15, -0.1) is 0 Å². The van der Waals surface area contributed by atoms with Crippen LogP contribution in [-0.2, 0) is 6.54 Å². The zero-order valence-electron chi connectivity index (χ0n) is 12.5. The Hall–Kier alpha value is -0.870. The van der Waals surface area contributed by atoms with Crippen LogP contribution in [-0.4, -0.2) is 34.1 Å². The smallest absolute Gasteiger partial charge is 0.0948 e. The number of imidazole rings is 1. The monoisotopic (exact) mass is 264 g/mol. The first kappa shape index (κ1) is 14.5. The molecule has 108 valence electrons. The van der Waals surface area contributed by atoms with Crippen molar-refractivity contribution < 1.29 is 0 Å². The SMILES string of the molecule is CCn1cncc1C(CN)N(C)C1CCCCC1C. The number of hydrogen-bond acceptors (Lipinski definition) is 3. The Morgan fingerprint density at radius 3 is 2.84 bits per heavy atom. The summed E-state index contributed by atoms with van der Waals surface area (Å²) in [6.45, 7) is 6.15. The second-order valence-electron chi connectivity index (χ2n) is 5.85. The maximum atomic E-state index is 6.06. The number of nitrogens with zero attached hydrogens (tertiary/aromatic N) is 3. The molecule has 1 aliphatic carbocycles. The molecule has 1 aromatic rings. The van der Waals surface area contributed by atoms with Crippen LogP contribution in [0.2, 0.25) is 0 Å². The Labute approximate surface area is 117 Å². The van der Waals surface area contributed by atoms with E-state index in [2.05, 4.69) is 35.3 Å². The molecule has 0 spiro atoms. The molecule has 1 fully saturated rings. The van der Waals surface area contributed by atoms with Crippen molar-refractivity contribution in [3.63, 3.8) is 0 Å². The van der Waals surface area contributed by atoms with Crippen molar-refractivity contribution in [3.8, 4) is 0 Å². The molecule has 4 heteroatoms. The van der Waals surface area contributed by atoms with Crippen molar-refractivity contribution in [1.82, 2.24) is 14.5 Å². The van der Waals surface area contributed by atoms with Gasteiger partial charge in [0, 0.05) is 25.3 Å². The quantitative estimate of drug-likeness (QED) is 0.888. The summed E-state index contributed by atoms with van der Waals surface area (Å²) in [4.78, 5) is 6.78. The first-order chi connectivity index (χ1) is 9.19. The highest BCUT2D eigenvalue weighted by Crippen LogP contribution is 2.32. The van der Waals surface area contributed by atoms with Crippen molar-refractivity contribution >= 4 is 0 Å². The summed E-state index contributed by atoms with van der Waals surface area (Å²) in [5.41, 5.74) is 7.31. The lowest BCUT2D eigenvalue weighted by atomic mass is 9.84. The fourth-order valence-electron chi connectivity index (χ4n) is 3.50. The molecule has 1 aliphatic rings. The second kappa shape index (κ2) is 6.53. The third kappa shape index (κ3) is 3.00. The van der Waals surface area contributed by atoms with Crippen LogP contribution in [0.5, 0.6) is 0 Å². The van der Waals surface area contributed by atoms with Crippen LogP contribution in [0.4, 0.5) is 0 Å². The molecule has 0 saturated heterocycles. The van der Waals surface area contributed by atoms with Gasteiger partial charge in [0.25, 0.3) is 0 Å². The van der Waals surface area contributed by atoms with E-state index < -0.39 is 0 Å². The molecule has 2 rings (SSSR count). The lowest BCUT2D eigenvalue weighted by Gasteiger charge is -2.40. The average Bonchev–Trinajstić information content (AvgIpc) is 2.88.